The van der Waals surface area contributed by atoms with E-state index in [0.29, 0.717) is 12.8 Å². The Labute approximate surface area is 368 Å². The number of carbonyl (C=O) groups is 3. The van der Waals surface area contributed by atoms with Gasteiger partial charge in [-0.05, 0) is 44.9 Å². The standard InChI is InChI=1S/C52H91NO7/c1-6-8-10-12-14-16-18-20-22-24-25-26-27-29-31-33-35-37-39-41-43-51(55)60-48(46-58-45-44-49(52(56)57)53(3,4)5)47-59-50(54)42-40-38-36-34-32-30-28-23-21-19-17-15-13-11-9-7-2/h9,11,15,17,21,23,30,32,36,38,48-49H,6-8,10,12-14,16,18-20,22,24-29,31,33-35,37,39-47H2,1-5H3/b11-9+,17-15+,23-21+,32-30+,38-36+. The summed E-state index contributed by atoms with van der Waals surface area (Å²) in [5.74, 6) is -1.84. The van der Waals surface area contributed by atoms with Crippen LogP contribution in [-0.2, 0) is 28.6 Å². The minimum Gasteiger partial charge on any atom is -0.544 e. The van der Waals surface area contributed by atoms with Gasteiger partial charge in [-0.1, -0.05) is 197 Å². The summed E-state index contributed by atoms with van der Waals surface area (Å²) in [6.07, 6.45) is 52.7. The van der Waals surface area contributed by atoms with Crippen LogP contribution in [0.25, 0.3) is 0 Å². The molecule has 0 bridgehead atoms. The Morgan fingerprint density at radius 2 is 0.933 bits per heavy atom. The minimum atomic E-state index is -1.13. The lowest BCUT2D eigenvalue weighted by Crippen LogP contribution is -2.55. The molecule has 2 unspecified atom stereocenters. The molecule has 8 nitrogen and oxygen atoms in total. The van der Waals surface area contributed by atoms with Gasteiger partial charge >= 0.3 is 11.9 Å². The van der Waals surface area contributed by atoms with E-state index in [1.807, 2.05) is 12.2 Å². The summed E-state index contributed by atoms with van der Waals surface area (Å²) in [6, 6.07) is -0.737. The number of carboxylic acids is 1. The summed E-state index contributed by atoms with van der Waals surface area (Å²) >= 11 is 0. The van der Waals surface area contributed by atoms with E-state index in [1.54, 1.807) is 21.1 Å². The molecule has 2 atom stereocenters. The highest BCUT2D eigenvalue weighted by Gasteiger charge is 2.25. The number of aliphatic carboxylic acids is 1. The number of hydrogen-bond acceptors (Lipinski definition) is 7. The number of likely N-dealkylation sites (N-methyl/N-ethyl adjacent to an activating group) is 1. The Kier molecular flexibility index (Phi) is 40.6. The number of ether oxygens (including phenoxy) is 3. The van der Waals surface area contributed by atoms with Crippen LogP contribution in [0.2, 0.25) is 0 Å². The Morgan fingerprint density at radius 3 is 1.35 bits per heavy atom. The summed E-state index contributed by atoms with van der Waals surface area (Å²) in [6.45, 7) is 4.49. The van der Waals surface area contributed by atoms with Crippen LogP contribution in [0.1, 0.15) is 200 Å². The molecule has 0 amide bonds. The van der Waals surface area contributed by atoms with E-state index in [9.17, 15) is 19.5 Å². The van der Waals surface area contributed by atoms with Crippen molar-refractivity contribution < 1.29 is 38.2 Å². The Balaban J connectivity index is 4.34. The predicted molar refractivity (Wildman–Crippen MR) is 249 cm³/mol. The van der Waals surface area contributed by atoms with Gasteiger partial charge in [0.25, 0.3) is 0 Å². The van der Waals surface area contributed by atoms with Crippen molar-refractivity contribution >= 4 is 17.9 Å². The van der Waals surface area contributed by atoms with Crippen molar-refractivity contribution in [3.05, 3.63) is 60.8 Å². The van der Waals surface area contributed by atoms with Crippen LogP contribution < -0.4 is 5.11 Å². The predicted octanol–water partition coefficient (Wildman–Crippen LogP) is 12.4. The SMILES string of the molecule is CC/C=C/C/C=C/C/C=C/C/C=C/C/C=C/CCC(=O)OCC(COCCC(C(=O)[O-])[N+](C)(C)C)OC(=O)CCCCCCCCCCCCCCCCCCCCCC. The lowest BCUT2D eigenvalue weighted by molar-refractivity contribution is -0.889. The van der Waals surface area contributed by atoms with Gasteiger partial charge in [0.2, 0.25) is 0 Å². The smallest absolute Gasteiger partial charge is 0.306 e. The van der Waals surface area contributed by atoms with Crippen molar-refractivity contribution in [1.29, 1.82) is 0 Å². The second-order valence-corrected chi connectivity index (χ2v) is 17.3. The summed E-state index contributed by atoms with van der Waals surface area (Å²) < 4.78 is 17.1. The van der Waals surface area contributed by atoms with Gasteiger partial charge < -0.3 is 28.6 Å². The lowest BCUT2D eigenvalue weighted by atomic mass is 10.0. The van der Waals surface area contributed by atoms with Crippen molar-refractivity contribution in [3.63, 3.8) is 0 Å². The van der Waals surface area contributed by atoms with E-state index in [2.05, 4.69) is 62.5 Å². The molecule has 0 aliphatic carbocycles. The Bertz CT molecular complexity index is 1170. The molecule has 0 fully saturated rings. The van der Waals surface area contributed by atoms with Gasteiger partial charge in [0.05, 0.1) is 40.3 Å². The number of allylic oxidation sites excluding steroid dienone is 10. The molecule has 346 valence electrons. The number of carboxylic acid groups (broad SMARTS) is 1. The molecule has 0 rings (SSSR count). The van der Waals surface area contributed by atoms with Crippen molar-refractivity contribution in [2.75, 3.05) is 41.0 Å². The number of nitrogens with zero attached hydrogens (tertiary/aromatic N) is 1. The summed E-state index contributed by atoms with van der Waals surface area (Å²) in [5, 5.41) is 11.6. The normalized spacial score (nSPS) is 13.4. The van der Waals surface area contributed by atoms with Crippen LogP contribution in [-0.4, -0.2) is 75.5 Å². The van der Waals surface area contributed by atoms with E-state index >= 15 is 0 Å². The third kappa shape index (κ3) is 40.4. The monoisotopic (exact) mass is 842 g/mol. The van der Waals surface area contributed by atoms with Gasteiger partial charge in [0, 0.05) is 19.3 Å². The van der Waals surface area contributed by atoms with E-state index < -0.39 is 18.1 Å². The van der Waals surface area contributed by atoms with Crippen molar-refractivity contribution in [2.45, 2.75) is 212 Å². The molecule has 0 saturated heterocycles. The molecule has 0 aromatic rings. The van der Waals surface area contributed by atoms with Crippen LogP contribution in [0.15, 0.2) is 60.8 Å². The topological polar surface area (TPSA) is 102 Å². The Morgan fingerprint density at radius 1 is 0.517 bits per heavy atom. The van der Waals surface area contributed by atoms with Gasteiger partial charge in [-0.15, -0.1) is 0 Å². The summed E-state index contributed by atoms with van der Waals surface area (Å²) in [4.78, 5) is 36.9. The fraction of sp³-hybridized carbons (Fsp3) is 0.750. The number of rotatable bonds is 43. The van der Waals surface area contributed by atoms with E-state index in [-0.39, 0.29) is 49.1 Å². The van der Waals surface area contributed by atoms with Gasteiger partial charge in [-0.25, -0.2) is 0 Å². The maximum Gasteiger partial charge on any atom is 0.306 e. The molecular formula is C52H91NO7. The largest absolute Gasteiger partial charge is 0.544 e. The third-order valence-electron chi connectivity index (χ3n) is 10.7. The van der Waals surface area contributed by atoms with Crippen molar-refractivity contribution in [1.82, 2.24) is 0 Å². The first-order chi connectivity index (χ1) is 29.1. The van der Waals surface area contributed by atoms with Crippen LogP contribution in [0.4, 0.5) is 0 Å². The highest BCUT2D eigenvalue weighted by atomic mass is 16.6. The molecule has 0 aromatic heterocycles. The molecule has 0 saturated carbocycles. The lowest BCUT2D eigenvalue weighted by Gasteiger charge is -2.34. The van der Waals surface area contributed by atoms with E-state index in [1.165, 1.54) is 109 Å². The fourth-order valence-electron chi connectivity index (χ4n) is 6.94. The van der Waals surface area contributed by atoms with Gasteiger partial charge in [-0.2, -0.15) is 0 Å². The van der Waals surface area contributed by atoms with E-state index in [4.69, 9.17) is 14.2 Å². The second kappa shape index (κ2) is 42.7. The van der Waals surface area contributed by atoms with Crippen LogP contribution in [0, 0.1) is 0 Å². The molecule has 8 heteroatoms. The molecule has 0 heterocycles. The summed E-state index contributed by atoms with van der Waals surface area (Å²) in [7, 11) is 5.39. The second-order valence-electron chi connectivity index (χ2n) is 17.3. The van der Waals surface area contributed by atoms with Gasteiger partial charge in [0.1, 0.15) is 12.6 Å². The highest BCUT2D eigenvalue weighted by molar-refractivity contribution is 5.70. The molecule has 0 N–H and O–H groups in total. The van der Waals surface area contributed by atoms with Gasteiger partial charge in [-0.3, -0.25) is 9.59 Å². The molecule has 0 radical (unpaired) electrons. The number of unbranched alkanes of at least 4 members (excludes halogenated alkanes) is 19. The van der Waals surface area contributed by atoms with E-state index in [0.717, 1.165) is 51.4 Å². The average Bonchev–Trinajstić information content (AvgIpc) is 3.21. The first kappa shape index (κ1) is 57.0. The maximum atomic E-state index is 12.8. The number of hydrogen-bond donors (Lipinski definition) is 0. The molecule has 60 heavy (non-hydrogen) atoms. The Hall–Kier alpha value is -2.97. The third-order valence-corrected chi connectivity index (χ3v) is 10.7. The highest BCUT2D eigenvalue weighted by Crippen LogP contribution is 2.16. The minimum absolute atomic E-state index is 0.0178. The molecule has 0 aromatic carbocycles. The first-order valence-electron chi connectivity index (χ1n) is 24.3. The van der Waals surface area contributed by atoms with Crippen molar-refractivity contribution in [2.24, 2.45) is 0 Å². The molecular weight excluding hydrogens is 751 g/mol. The first-order valence-corrected chi connectivity index (χ1v) is 24.3. The number of esters is 2. The van der Waals surface area contributed by atoms with Crippen LogP contribution >= 0.6 is 0 Å². The zero-order chi connectivity index (χ0) is 44.2. The maximum absolute atomic E-state index is 12.8. The summed E-state index contributed by atoms with van der Waals surface area (Å²) in [5.41, 5.74) is 0. The molecule has 0 aliphatic rings. The average molecular weight is 842 g/mol. The van der Waals surface area contributed by atoms with Crippen molar-refractivity contribution in [3.8, 4) is 0 Å². The molecule has 0 aliphatic heterocycles. The number of carbonyl (C=O) groups excluding carboxylic acids is 3. The quantitative estimate of drug-likeness (QED) is 0.0261. The van der Waals surface area contributed by atoms with Crippen LogP contribution in [0.5, 0.6) is 0 Å². The number of quaternary nitrogens is 1. The van der Waals surface area contributed by atoms with Crippen LogP contribution in [0.3, 0.4) is 0 Å². The van der Waals surface area contributed by atoms with Gasteiger partial charge in [0.15, 0.2) is 6.10 Å². The zero-order valence-corrected chi connectivity index (χ0v) is 39.4. The molecule has 0 spiro atoms. The zero-order valence-electron chi connectivity index (χ0n) is 39.4. The fourth-order valence-corrected chi connectivity index (χ4v) is 6.94.